The van der Waals surface area contributed by atoms with Crippen LogP contribution in [0.15, 0.2) is 36.5 Å². The summed E-state index contributed by atoms with van der Waals surface area (Å²) in [7, 11) is 0. The summed E-state index contributed by atoms with van der Waals surface area (Å²) in [6, 6.07) is 6.57. The number of hydrogen-bond donors (Lipinski definition) is 3. The summed E-state index contributed by atoms with van der Waals surface area (Å²) < 4.78 is 6.12. The number of fused-ring (bicyclic) bond motifs is 4. The monoisotopic (exact) mass is 535 g/mol. The molecule has 4 atom stereocenters. The molecule has 0 spiro atoms. The van der Waals surface area contributed by atoms with Gasteiger partial charge in [-0.1, -0.05) is 45.9 Å². The van der Waals surface area contributed by atoms with Gasteiger partial charge in [0.2, 0.25) is 11.8 Å². The molecule has 4 rings (SSSR count). The van der Waals surface area contributed by atoms with Crippen LogP contribution < -0.4 is 16.1 Å². The SMILES string of the molecule is CC(C)[C@@H]1OCC(C)(C)/C=C/c2cc3cc(ccc3cn2)[C@@H](C)NC(=O)[C@@H]2CCCN(N2)C(=O)[C@H](C)NC1=O. The van der Waals surface area contributed by atoms with Crippen LogP contribution in [0.2, 0.25) is 0 Å². The van der Waals surface area contributed by atoms with Crippen LogP contribution in [0.5, 0.6) is 0 Å². The molecule has 0 radical (unpaired) electrons. The van der Waals surface area contributed by atoms with E-state index < -0.39 is 18.2 Å². The van der Waals surface area contributed by atoms with Gasteiger partial charge >= 0.3 is 0 Å². The van der Waals surface area contributed by atoms with Crippen LogP contribution in [0.4, 0.5) is 0 Å². The number of ether oxygens (including phenoxy) is 1. The third kappa shape index (κ3) is 7.02. The van der Waals surface area contributed by atoms with E-state index in [-0.39, 0.29) is 35.1 Å². The van der Waals surface area contributed by atoms with E-state index in [0.717, 1.165) is 22.0 Å². The molecule has 3 amide bonds. The second-order valence-electron chi connectivity index (χ2n) is 11.8. The molecule has 210 valence electrons. The second kappa shape index (κ2) is 11.8. The summed E-state index contributed by atoms with van der Waals surface area (Å²) in [6.45, 7) is 12.3. The fourth-order valence-corrected chi connectivity index (χ4v) is 4.89. The maximum Gasteiger partial charge on any atom is 0.258 e. The first-order valence-corrected chi connectivity index (χ1v) is 13.8. The number of aromatic nitrogens is 1. The van der Waals surface area contributed by atoms with E-state index in [1.807, 2.05) is 71.2 Å². The Bertz CT molecular complexity index is 1260. The highest BCUT2D eigenvalue weighted by molar-refractivity contribution is 5.90. The zero-order valence-electron chi connectivity index (χ0n) is 23.8. The molecular formula is C30H41N5O4. The minimum absolute atomic E-state index is 0.0896. The van der Waals surface area contributed by atoms with Crippen molar-refractivity contribution >= 4 is 34.6 Å². The lowest BCUT2D eigenvalue weighted by Gasteiger charge is -2.35. The molecule has 1 fully saturated rings. The van der Waals surface area contributed by atoms with E-state index in [1.54, 1.807) is 6.92 Å². The minimum Gasteiger partial charge on any atom is -0.367 e. The predicted molar refractivity (Wildman–Crippen MR) is 151 cm³/mol. The van der Waals surface area contributed by atoms with E-state index in [2.05, 4.69) is 27.1 Å². The first kappa shape index (κ1) is 28.7. The molecule has 2 aromatic rings. The molecule has 0 saturated carbocycles. The van der Waals surface area contributed by atoms with Gasteiger partial charge in [-0.05, 0) is 61.8 Å². The minimum atomic E-state index is -0.776. The van der Waals surface area contributed by atoms with Gasteiger partial charge in [-0.2, -0.15) is 0 Å². The maximum absolute atomic E-state index is 13.2. The Morgan fingerprint density at radius 1 is 1.03 bits per heavy atom. The molecule has 2 aliphatic rings. The Hall–Kier alpha value is -3.30. The summed E-state index contributed by atoms with van der Waals surface area (Å²) in [5, 5.41) is 9.41. The number of nitrogens with zero attached hydrogens (tertiary/aromatic N) is 2. The molecule has 39 heavy (non-hydrogen) atoms. The van der Waals surface area contributed by atoms with E-state index in [1.165, 1.54) is 5.01 Å². The molecule has 3 N–H and O–H groups in total. The van der Waals surface area contributed by atoms with Crippen LogP contribution in [0, 0.1) is 11.3 Å². The molecule has 5 bridgehead atoms. The van der Waals surface area contributed by atoms with Gasteiger partial charge in [0.1, 0.15) is 18.2 Å². The van der Waals surface area contributed by atoms with Gasteiger partial charge in [0.05, 0.1) is 18.3 Å². The van der Waals surface area contributed by atoms with Crippen molar-refractivity contribution < 1.29 is 19.1 Å². The van der Waals surface area contributed by atoms with Crippen LogP contribution in [0.25, 0.3) is 16.8 Å². The number of nitrogens with one attached hydrogen (secondary N) is 3. The average Bonchev–Trinajstić information content (AvgIpc) is 2.90. The number of carbonyl (C=O) groups is 3. The normalized spacial score (nSPS) is 27.8. The third-order valence-electron chi connectivity index (χ3n) is 7.33. The van der Waals surface area contributed by atoms with Crippen LogP contribution in [-0.4, -0.2) is 59.1 Å². The molecule has 1 aromatic carbocycles. The van der Waals surface area contributed by atoms with Crippen LogP contribution in [-0.2, 0) is 19.1 Å². The van der Waals surface area contributed by atoms with Crippen LogP contribution >= 0.6 is 0 Å². The van der Waals surface area contributed by atoms with E-state index >= 15 is 0 Å². The van der Waals surface area contributed by atoms with Crippen LogP contribution in [0.1, 0.15) is 71.7 Å². The molecular weight excluding hydrogens is 494 g/mol. The summed E-state index contributed by atoms with van der Waals surface area (Å²) in [4.78, 5) is 44.1. The lowest BCUT2D eigenvalue weighted by atomic mass is 9.93. The van der Waals surface area contributed by atoms with Crippen molar-refractivity contribution in [2.45, 2.75) is 78.6 Å². The number of amides is 3. The Kier molecular flexibility index (Phi) is 8.71. The Morgan fingerprint density at radius 3 is 2.51 bits per heavy atom. The fraction of sp³-hybridized carbons (Fsp3) is 0.533. The van der Waals surface area contributed by atoms with Crippen molar-refractivity contribution in [2.24, 2.45) is 11.3 Å². The summed E-state index contributed by atoms with van der Waals surface area (Å²) in [5.41, 5.74) is 4.51. The van der Waals surface area contributed by atoms with E-state index in [9.17, 15) is 14.4 Å². The number of hydrazine groups is 1. The summed E-state index contributed by atoms with van der Waals surface area (Å²) in [6.07, 6.45) is 6.43. The highest BCUT2D eigenvalue weighted by atomic mass is 16.5. The van der Waals surface area contributed by atoms with Gasteiger partial charge in [-0.3, -0.25) is 24.4 Å². The molecule has 0 aliphatic carbocycles. The van der Waals surface area contributed by atoms with Gasteiger partial charge in [0.25, 0.3) is 5.91 Å². The van der Waals surface area contributed by atoms with Crippen molar-refractivity contribution in [1.29, 1.82) is 0 Å². The Balaban J connectivity index is 1.67. The van der Waals surface area contributed by atoms with E-state index in [0.29, 0.717) is 26.0 Å². The number of hydrogen-bond acceptors (Lipinski definition) is 6. The zero-order valence-corrected chi connectivity index (χ0v) is 23.8. The molecule has 9 heteroatoms. The van der Waals surface area contributed by atoms with Gasteiger partial charge < -0.3 is 15.4 Å². The van der Waals surface area contributed by atoms with Gasteiger partial charge in [0, 0.05) is 23.5 Å². The van der Waals surface area contributed by atoms with Crippen molar-refractivity contribution in [3.63, 3.8) is 0 Å². The van der Waals surface area contributed by atoms with Gasteiger partial charge in [-0.25, -0.2) is 5.43 Å². The van der Waals surface area contributed by atoms with Crippen molar-refractivity contribution in [3.05, 3.63) is 47.8 Å². The highest BCUT2D eigenvalue weighted by Crippen LogP contribution is 2.25. The lowest BCUT2D eigenvalue weighted by molar-refractivity contribution is -0.146. The summed E-state index contributed by atoms with van der Waals surface area (Å²) >= 11 is 0. The molecule has 0 unspecified atom stereocenters. The van der Waals surface area contributed by atoms with Crippen LogP contribution in [0.3, 0.4) is 0 Å². The topological polar surface area (TPSA) is 113 Å². The number of benzene rings is 1. The number of pyridine rings is 1. The zero-order chi connectivity index (χ0) is 28.3. The fourth-order valence-electron chi connectivity index (χ4n) is 4.89. The maximum atomic E-state index is 13.2. The van der Waals surface area contributed by atoms with Crippen molar-refractivity contribution in [3.8, 4) is 0 Å². The van der Waals surface area contributed by atoms with E-state index in [4.69, 9.17) is 4.74 Å². The lowest BCUT2D eigenvalue weighted by Crippen LogP contribution is -2.61. The molecule has 1 saturated heterocycles. The summed E-state index contributed by atoms with van der Waals surface area (Å²) in [5.74, 6) is -0.879. The molecule has 2 aliphatic heterocycles. The first-order chi connectivity index (χ1) is 18.4. The highest BCUT2D eigenvalue weighted by Gasteiger charge is 2.33. The average molecular weight is 536 g/mol. The quantitative estimate of drug-likeness (QED) is 0.515. The number of carbonyl (C=O) groups excluding carboxylic acids is 3. The Morgan fingerprint density at radius 2 is 1.77 bits per heavy atom. The standard InChI is InChI=1S/C30H41N5O4/c1-18(2)26-28(37)33-20(4)29(38)35-13-7-8-25(34-35)27(36)32-19(3)21-9-10-22-16-31-24(15-23(22)14-21)11-12-30(5,6)17-39-26/h9-12,14-16,18-20,25-26,34H,7-8,13,17H2,1-6H3,(H,32,36)(H,33,37)/b12-11+/t19-,20+,25+,26+/m1/s1. The number of rotatable bonds is 1. The largest absolute Gasteiger partial charge is 0.367 e. The molecule has 3 heterocycles. The third-order valence-corrected chi connectivity index (χ3v) is 7.33. The Labute approximate surface area is 230 Å². The molecule has 1 aromatic heterocycles. The molecule has 9 nitrogen and oxygen atoms in total. The smallest absolute Gasteiger partial charge is 0.258 e. The van der Waals surface area contributed by atoms with Crippen molar-refractivity contribution in [1.82, 2.24) is 26.1 Å². The first-order valence-electron chi connectivity index (χ1n) is 13.8. The van der Waals surface area contributed by atoms with Crippen molar-refractivity contribution in [2.75, 3.05) is 13.2 Å². The second-order valence-corrected chi connectivity index (χ2v) is 11.8. The van der Waals surface area contributed by atoms with Gasteiger partial charge in [0.15, 0.2) is 0 Å². The predicted octanol–water partition coefficient (Wildman–Crippen LogP) is 3.51. The van der Waals surface area contributed by atoms with Gasteiger partial charge in [-0.15, -0.1) is 0 Å².